The van der Waals surface area contributed by atoms with Gasteiger partial charge >= 0.3 is 6.03 Å². The van der Waals surface area contributed by atoms with Crippen LogP contribution < -0.4 is 24.7 Å². The Morgan fingerprint density at radius 3 is 3.06 bits per heavy atom. The predicted octanol–water partition coefficient (Wildman–Crippen LogP) is 2.60. The van der Waals surface area contributed by atoms with Crippen LogP contribution in [0.2, 0.25) is 0 Å². The van der Waals surface area contributed by atoms with E-state index in [2.05, 4.69) is 19.8 Å². The maximum Gasteiger partial charge on any atom is 0.354 e. The second-order valence-corrected chi connectivity index (χ2v) is 9.42. The number of nitrogens with one attached hydrogen (secondary N) is 1. The van der Waals surface area contributed by atoms with Crippen LogP contribution in [-0.4, -0.2) is 44.8 Å². The minimum absolute atomic E-state index is 0.0858. The number of amides is 2. The molecule has 0 spiro atoms. The first-order valence-electron chi connectivity index (χ1n) is 10.2. The summed E-state index contributed by atoms with van der Waals surface area (Å²) >= 11 is 0. The van der Waals surface area contributed by atoms with Gasteiger partial charge < -0.3 is 19.5 Å². The van der Waals surface area contributed by atoms with E-state index in [4.69, 9.17) is 19.3 Å². The van der Waals surface area contributed by atoms with Crippen LogP contribution in [0.1, 0.15) is 12.5 Å². The number of urea groups is 1. The van der Waals surface area contributed by atoms with Crippen LogP contribution in [0.3, 0.4) is 0 Å². The molecule has 0 bridgehead atoms. The van der Waals surface area contributed by atoms with Crippen molar-refractivity contribution in [2.45, 2.75) is 30.9 Å². The second-order valence-electron chi connectivity index (χ2n) is 7.66. The van der Waals surface area contributed by atoms with Crippen LogP contribution in [0.5, 0.6) is 17.5 Å². The molecule has 0 radical (unpaired) electrons. The summed E-state index contributed by atoms with van der Waals surface area (Å²) in [7, 11) is -2.07. The van der Waals surface area contributed by atoms with Crippen LogP contribution in [0.25, 0.3) is 11.1 Å². The molecule has 2 aliphatic rings. The van der Waals surface area contributed by atoms with Gasteiger partial charge in [-0.25, -0.2) is 23.8 Å². The van der Waals surface area contributed by atoms with Gasteiger partial charge in [-0.1, -0.05) is 0 Å². The number of nitrogens with two attached hydrogens (primary N) is 1. The number of ether oxygens (including phenoxy) is 3. The highest BCUT2D eigenvalue weighted by atomic mass is 32.2. The molecule has 2 atom stereocenters. The van der Waals surface area contributed by atoms with E-state index in [0.29, 0.717) is 36.9 Å². The standard InChI is InChI=1S/C21H22N6O5S/c1-12-11-27-20(32-12)17(10-24-27)33(22,29)26-21(28)25-19-14(3-4-16-15(19)6-8-31-16)13-5-7-23-18(9-13)30-2/h3-5,7,9-10,12H,6,8,11H2,1-2H3,(H3,22,25,26,28,29). The number of carbonyl (C=O) groups is 1. The topological polar surface area (TPSA) is 143 Å². The SMILES string of the molecule is COc1cc(-c2ccc3c(c2NC(=O)N=S(N)(=O)c2cnn4c2OC(C)C4)CCO3)ccn1. The Labute approximate surface area is 190 Å². The van der Waals surface area contributed by atoms with Gasteiger partial charge in [-0.2, -0.15) is 5.10 Å². The Hall–Kier alpha value is -3.64. The molecule has 3 aromatic rings. The number of benzene rings is 1. The zero-order valence-corrected chi connectivity index (χ0v) is 18.8. The number of rotatable bonds is 4. The summed E-state index contributed by atoms with van der Waals surface area (Å²) in [5, 5.41) is 12.9. The Kier molecular flexibility index (Phi) is 5.17. The first kappa shape index (κ1) is 21.2. The lowest BCUT2D eigenvalue weighted by Gasteiger charge is -2.14. The van der Waals surface area contributed by atoms with Gasteiger partial charge in [-0.15, -0.1) is 4.36 Å². The molecule has 0 saturated heterocycles. The lowest BCUT2D eigenvalue weighted by Crippen LogP contribution is -2.19. The Morgan fingerprint density at radius 1 is 1.39 bits per heavy atom. The molecule has 33 heavy (non-hydrogen) atoms. The molecule has 0 fully saturated rings. The molecule has 2 aromatic heterocycles. The third kappa shape index (κ3) is 3.87. The fraction of sp³-hybridized carbons (Fsp3) is 0.286. The van der Waals surface area contributed by atoms with E-state index in [9.17, 15) is 9.00 Å². The molecule has 4 heterocycles. The van der Waals surface area contributed by atoms with E-state index in [-0.39, 0.29) is 16.9 Å². The van der Waals surface area contributed by atoms with E-state index in [1.165, 1.54) is 13.3 Å². The summed E-state index contributed by atoms with van der Waals surface area (Å²) in [5.41, 5.74) is 2.82. The van der Waals surface area contributed by atoms with Crippen molar-refractivity contribution in [3.8, 4) is 28.6 Å². The van der Waals surface area contributed by atoms with Crippen molar-refractivity contribution in [1.29, 1.82) is 0 Å². The van der Waals surface area contributed by atoms with E-state index in [1.54, 1.807) is 23.0 Å². The van der Waals surface area contributed by atoms with Gasteiger partial charge in [0.05, 0.1) is 32.1 Å². The van der Waals surface area contributed by atoms with Gasteiger partial charge in [-0.3, -0.25) is 0 Å². The number of fused-ring (bicyclic) bond motifs is 2. The van der Waals surface area contributed by atoms with Crippen LogP contribution in [0.15, 0.2) is 45.9 Å². The maximum absolute atomic E-state index is 13.2. The normalized spacial score (nSPS) is 17.8. The molecular weight excluding hydrogens is 448 g/mol. The van der Waals surface area contributed by atoms with E-state index >= 15 is 0 Å². The molecule has 3 N–H and O–H groups in total. The molecule has 2 aliphatic heterocycles. The summed E-state index contributed by atoms with van der Waals surface area (Å²) in [6.45, 7) is 2.85. The summed E-state index contributed by atoms with van der Waals surface area (Å²) in [4.78, 5) is 17.1. The highest BCUT2D eigenvalue weighted by Crippen LogP contribution is 2.40. The number of pyridine rings is 1. The average Bonchev–Trinajstić information content (AvgIpc) is 3.49. The second kappa shape index (κ2) is 8.05. The molecular formula is C21H22N6O5S. The number of carbonyl (C=O) groups excluding carboxylic acids is 1. The minimum atomic E-state index is -3.59. The van der Waals surface area contributed by atoms with Crippen LogP contribution in [0, 0.1) is 0 Å². The quantitative estimate of drug-likeness (QED) is 0.596. The molecule has 0 saturated carbocycles. The summed E-state index contributed by atoms with van der Waals surface area (Å²) < 4.78 is 35.0. The first-order valence-corrected chi connectivity index (χ1v) is 11.8. The highest BCUT2D eigenvalue weighted by molar-refractivity contribution is 7.91. The maximum atomic E-state index is 13.2. The number of anilines is 1. The van der Waals surface area contributed by atoms with Crippen molar-refractivity contribution in [2.24, 2.45) is 9.50 Å². The smallest absolute Gasteiger partial charge is 0.354 e. The molecule has 0 aliphatic carbocycles. The zero-order valence-electron chi connectivity index (χ0n) is 18.0. The van der Waals surface area contributed by atoms with Gasteiger partial charge in [-0.05, 0) is 30.7 Å². The van der Waals surface area contributed by atoms with Crippen molar-refractivity contribution in [2.75, 3.05) is 19.0 Å². The highest BCUT2D eigenvalue weighted by Gasteiger charge is 2.29. The lowest BCUT2D eigenvalue weighted by molar-refractivity contribution is 0.248. The van der Waals surface area contributed by atoms with Gasteiger partial charge in [0, 0.05) is 29.8 Å². The number of aromatic nitrogens is 3. The fourth-order valence-corrected chi connectivity index (χ4v) is 4.92. The fourth-order valence-electron chi connectivity index (χ4n) is 3.93. The molecule has 1 aromatic carbocycles. The third-order valence-electron chi connectivity index (χ3n) is 5.40. The van der Waals surface area contributed by atoms with E-state index < -0.39 is 15.9 Å². The molecule has 12 heteroatoms. The van der Waals surface area contributed by atoms with Crippen LogP contribution >= 0.6 is 0 Å². The summed E-state index contributed by atoms with van der Waals surface area (Å²) in [5.74, 6) is 1.37. The van der Waals surface area contributed by atoms with Gasteiger partial charge in [0.25, 0.3) is 0 Å². The van der Waals surface area contributed by atoms with Crippen molar-refractivity contribution >= 4 is 21.6 Å². The van der Waals surface area contributed by atoms with Crippen molar-refractivity contribution < 1.29 is 23.2 Å². The van der Waals surface area contributed by atoms with Crippen LogP contribution in [-0.2, 0) is 22.9 Å². The number of hydrogen-bond acceptors (Lipinski definition) is 7. The van der Waals surface area contributed by atoms with Crippen LogP contribution in [0.4, 0.5) is 10.5 Å². The molecule has 5 rings (SSSR count). The Balaban J connectivity index is 1.52. The molecule has 2 unspecified atom stereocenters. The van der Waals surface area contributed by atoms with Crippen molar-refractivity contribution in [3.63, 3.8) is 0 Å². The minimum Gasteiger partial charge on any atom is -0.493 e. The summed E-state index contributed by atoms with van der Waals surface area (Å²) in [6, 6.07) is 6.38. The third-order valence-corrected chi connectivity index (χ3v) is 6.75. The van der Waals surface area contributed by atoms with Gasteiger partial charge in [0.15, 0.2) is 9.92 Å². The average molecular weight is 471 g/mol. The molecule has 172 valence electrons. The zero-order chi connectivity index (χ0) is 23.2. The number of methoxy groups -OCH3 is 1. The van der Waals surface area contributed by atoms with Gasteiger partial charge in [0.2, 0.25) is 11.8 Å². The lowest BCUT2D eigenvalue weighted by atomic mass is 9.99. The largest absolute Gasteiger partial charge is 0.493 e. The number of nitrogens with zero attached hydrogens (tertiary/aromatic N) is 4. The monoisotopic (exact) mass is 470 g/mol. The van der Waals surface area contributed by atoms with Gasteiger partial charge in [0.1, 0.15) is 16.7 Å². The molecule has 11 nitrogen and oxygen atoms in total. The van der Waals surface area contributed by atoms with Crippen molar-refractivity contribution in [3.05, 3.63) is 42.2 Å². The predicted molar refractivity (Wildman–Crippen MR) is 120 cm³/mol. The Bertz CT molecular complexity index is 1380. The first-order chi connectivity index (χ1) is 15.9. The number of hydrogen-bond donors (Lipinski definition) is 2. The molecule has 2 amide bonds. The van der Waals surface area contributed by atoms with E-state index in [1.807, 2.05) is 19.1 Å². The van der Waals surface area contributed by atoms with Crippen molar-refractivity contribution in [1.82, 2.24) is 14.8 Å². The Morgan fingerprint density at radius 2 is 2.24 bits per heavy atom. The summed E-state index contributed by atoms with van der Waals surface area (Å²) in [6.07, 6.45) is 3.40. The van der Waals surface area contributed by atoms with E-state index in [0.717, 1.165) is 16.7 Å².